The fraction of sp³-hybridized carbons (Fsp3) is 0.500. The van der Waals surface area contributed by atoms with E-state index in [9.17, 15) is 14.7 Å². The van der Waals surface area contributed by atoms with Crippen molar-refractivity contribution < 1.29 is 14.7 Å². The minimum atomic E-state index is -0.655. The van der Waals surface area contributed by atoms with Gasteiger partial charge in [-0.3, -0.25) is 14.9 Å². The van der Waals surface area contributed by atoms with Crippen molar-refractivity contribution in [2.45, 2.75) is 38.8 Å². The number of carbonyl (C=O) groups excluding carboxylic acids is 2. The van der Waals surface area contributed by atoms with Gasteiger partial charge in [0.1, 0.15) is 5.75 Å². The van der Waals surface area contributed by atoms with E-state index in [1.54, 1.807) is 12.1 Å². The Bertz CT molecular complexity index is 502. The van der Waals surface area contributed by atoms with E-state index in [2.05, 4.69) is 5.32 Å². The van der Waals surface area contributed by atoms with Crippen LogP contribution in [0.4, 0.5) is 0 Å². The van der Waals surface area contributed by atoms with Gasteiger partial charge in [0.2, 0.25) is 5.91 Å². The molecule has 0 bridgehead atoms. The smallest absolute Gasteiger partial charge is 0.234 e. The van der Waals surface area contributed by atoms with Crippen molar-refractivity contribution in [2.24, 2.45) is 17.4 Å². The largest absolute Gasteiger partial charge is 0.508 e. The second-order valence-corrected chi connectivity index (χ2v) is 5.58. The number of carbonyl (C=O) groups is 2. The van der Waals surface area contributed by atoms with Crippen molar-refractivity contribution in [3.63, 3.8) is 0 Å². The molecule has 1 rings (SSSR count). The molecule has 0 unspecified atom stereocenters. The number of ketones is 1. The molecule has 22 heavy (non-hydrogen) atoms. The number of phenols is 1. The average Bonchev–Trinajstić information content (AvgIpc) is 2.50. The Morgan fingerprint density at radius 2 is 1.86 bits per heavy atom. The number of hydrogen-bond acceptors (Lipinski definition) is 5. The number of hydrogen-bond donors (Lipinski definition) is 4. The third kappa shape index (κ3) is 5.46. The molecule has 122 valence electrons. The van der Waals surface area contributed by atoms with Crippen LogP contribution in [0.15, 0.2) is 24.3 Å². The molecule has 0 radical (unpaired) electrons. The van der Waals surface area contributed by atoms with Gasteiger partial charge < -0.3 is 16.6 Å². The summed E-state index contributed by atoms with van der Waals surface area (Å²) < 4.78 is 0. The van der Waals surface area contributed by atoms with Gasteiger partial charge in [-0.25, -0.2) is 0 Å². The van der Waals surface area contributed by atoms with Crippen molar-refractivity contribution >= 4 is 11.7 Å². The molecule has 1 aromatic rings. The van der Waals surface area contributed by atoms with Crippen LogP contribution >= 0.6 is 0 Å². The lowest BCUT2D eigenvalue weighted by molar-refractivity contribution is -0.122. The van der Waals surface area contributed by atoms with E-state index in [1.165, 1.54) is 12.1 Å². The van der Waals surface area contributed by atoms with E-state index >= 15 is 0 Å². The summed E-state index contributed by atoms with van der Waals surface area (Å²) in [7, 11) is 0. The van der Waals surface area contributed by atoms with Crippen molar-refractivity contribution in [3.05, 3.63) is 29.8 Å². The zero-order chi connectivity index (χ0) is 16.7. The third-order valence-electron chi connectivity index (χ3n) is 3.87. The van der Waals surface area contributed by atoms with Crippen molar-refractivity contribution in [2.75, 3.05) is 6.54 Å². The normalized spacial score (nSPS) is 15.0. The van der Waals surface area contributed by atoms with Crippen LogP contribution in [0.25, 0.3) is 0 Å². The van der Waals surface area contributed by atoms with Gasteiger partial charge in [0.25, 0.3) is 0 Å². The molecule has 0 heterocycles. The number of aromatic hydroxyl groups is 1. The van der Waals surface area contributed by atoms with E-state index in [4.69, 9.17) is 11.5 Å². The van der Waals surface area contributed by atoms with Gasteiger partial charge >= 0.3 is 0 Å². The zero-order valence-electron chi connectivity index (χ0n) is 13.1. The molecular formula is C16H25N3O3. The fourth-order valence-electron chi connectivity index (χ4n) is 2.05. The molecule has 0 aromatic heterocycles. The van der Waals surface area contributed by atoms with E-state index < -0.39 is 18.0 Å². The van der Waals surface area contributed by atoms with Crippen LogP contribution in [0.5, 0.6) is 5.75 Å². The Balaban J connectivity index is 2.60. The van der Waals surface area contributed by atoms with Crippen LogP contribution in [-0.2, 0) is 16.0 Å². The Kier molecular flexibility index (Phi) is 7.01. The number of nitrogens with one attached hydrogen (secondary N) is 1. The molecule has 6 heteroatoms. The van der Waals surface area contributed by atoms with Crippen LogP contribution in [0.1, 0.15) is 25.8 Å². The SMILES string of the molecule is CC[C@H](C)[C@H](N)C(=O)CN[C@@H](Cc1ccc(O)cc1)C(N)=O. The van der Waals surface area contributed by atoms with Gasteiger partial charge in [0.05, 0.1) is 18.6 Å². The first kappa shape index (κ1) is 18.1. The molecule has 3 atom stereocenters. The summed E-state index contributed by atoms with van der Waals surface area (Å²) in [5.41, 5.74) is 12.1. The maximum absolute atomic E-state index is 12.0. The fourth-order valence-corrected chi connectivity index (χ4v) is 2.05. The lowest BCUT2D eigenvalue weighted by Gasteiger charge is -2.20. The van der Waals surface area contributed by atoms with Gasteiger partial charge in [-0.1, -0.05) is 32.4 Å². The van der Waals surface area contributed by atoms with Crippen molar-refractivity contribution in [3.8, 4) is 5.75 Å². The molecular weight excluding hydrogens is 282 g/mol. The maximum atomic E-state index is 12.0. The lowest BCUT2D eigenvalue weighted by atomic mass is 9.96. The van der Waals surface area contributed by atoms with Gasteiger partial charge in [0, 0.05) is 0 Å². The highest BCUT2D eigenvalue weighted by Crippen LogP contribution is 2.11. The van der Waals surface area contributed by atoms with Crippen molar-refractivity contribution in [1.29, 1.82) is 0 Å². The lowest BCUT2D eigenvalue weighted by Crippen LogP contribution is -2.49. The number of Topliss-reactive ketones (excluding diaryl/α,β-unsaturated/α-hetero) is 1. The molecule has 6 nitrogen and oxygen atoms in total. The second-order valence-electron chi connectivity index (χ2n) is 5.58. The van der Waals surface area contributed by atoms with Crippen molar-refractivity contribution in [1.82, 2.24) is 5.32 Å². The highest BCUT2D eigenvalue weighted by molar-refractivity contribution is 5.87. The summed E-state index contributed by atoms with van der Waals surface area (Å²) in [4.78, 5) is 23.5. The Labute approximate surface area is 130 Å². The summed E-state index contributed by atoms with van der Waals surface area (Å²) >= 11 is 0. The topological polar surface area (TPSA) is 118 Å². The van der Waals surface area contributed by atoms with Crippen LogP contribution in [-0.4, -0.2) is 35.4 Å². The molecule has 0 saturated heterocycles. The predicted molar refractivity (Wildman–Crippen MR) is 85.2 cm³/mol. The third-order valence-corrected chi connectivity index (χ3v) is 3.87. The number of phenolic OH excluding ortho intramolecular Hbond substituents is 1. The highest BCUT2D eigenvalue weighted by Gasteiger charge is 2.22. The Hall–Kier alpha value is -1.92. The first-order chi connectivity index (χ1) is 10.3. The number of primary amides is 1. The molecule has 6 N–H and O–H groups in total. The molecule has 0 saturated carbocycles. The predicted octanol–water partition coefficient (Wildman–Crippen LogP) is 0.321. The summed E-state index contributed by atoms with van der Waals surface area (Å²) in [5.74, 6) is -0.412. The number of rotatable bonds is 9. The first-order valence-electron chi connectivity index (χ1n) is 7.44. The number of amides is 1. The van der Waals surface area contributed by atoms with E-state index in [0.29, 0.717) is 6.42 Å². The standard InChI is InChI=1S/C16H25N3O3/c1-3-10(2)15(17)14(21)9-19-13(16(18)22)8-11-4-6-12(20)7-5-11/h4-7,10,13,15,19-20H,3,8-9,17H2,1-2H3,(H2,18,22)/t10-,13-,15-/m0/s1. The minimum Gasteiger partial charge on any atom is -0.508 e. The molecule has 0 fully saturated rings. The summed E-state index contributed by atoms with van der Waals surface area (Å²) in [5, 5.41) is 12.1. The first-order valence-corrected chi connectivity index (χ1v) is 7.44. The Morgan fingerprint density at radius 3 is 2.36 bits per heavy atom. The minimum absolute atomic E-state index is 0.0111. The van der Waals surface area contributed by atoms with Gasteiger partial charge in [-0.2, -0.15) is 0 Å². The maximum Gasteiger partial charge on any atom is 0.234 e. The van der Waals surface area contributed by atoms with E-state index in [1.807, 2.05) is 13.8 Å². The highest BCUT2D eigenvalue weighted by atomic mass is 16.3. The van der Waals surface area contributed by atoms with Crippen LogP contribution in [0.3, 0.4) is 0 Å². The molecule has 0 spiro atoms. The quantitative estimate of drug-likeness (QED) is 0.524. The summed E-state index contributed by atoms with van der Waals surface area (Å²) in [6.07, 6.45) is 1.17. The van der Waals surface area contributed by atoms with Crippen LogP contribution < -0.4 is 16.8 Å². The number of benzene rings is 1. The van der Waals surface area contributed by atoms with Gasteiger partial charge in [-0.15, -0.1) is 0 Å². The molecule has 0 aliphatic rings. The second kappa shape index (κ2) is 8.51. The zero-order valence-corrected chi connectivity index (χ0v) is 13.1. The number of nitrogens with two attached hydrogens (primary N) is 2. The summed E-state index contributed by atoms with van der Waals surface area (Å²) in [6.45, 7) is 3.91. The Morgan fingerprint density at radius 1 is 1.27 bits per heavy atom. The van der Waals surface area contributed by atoms with Crippen LogP contribution in [0.2, 0.25) is 0 Å². The van der Waals surface area contributed by atoms with E-state index in [0.717, 1.165) is 12.0 Å². The monoisotopic (exact) mass is 307 g/mol. The molecule has 1 aromatic carbocycles. The van der Waals surface area contributed by atoms with Gasteiger partial charge in [-0.05, 0) is 30.0 Å². The molecule has 0 aliphatic carbocycles. The van der Waals surface area contributed by atoms with Crippen LogP contribution in [0, 0.1) is 5.92 Å². The summed E-state index contributed by atoms with van der Waals surface area (Å²) in [6, 6.07) is 5.30. The molecule has 0 aliphatic heterocycles. The van der Waals surface area contributed by atoms with E-state index in [-0.39, 0.29) is 24.0 Å². The van der Waals surface area contributed by atoms with Gasteiger partial charge in [0.15, 0.2) is 5.78 Å². The average molecular weight is 307 g/mol. The molecule has 1 amide bonds.